The number of hydrogen-bond donors (Lipinski definition) is 1. The van der Waals surface area contributed by atoms with Gasteiger partial charge in [0.25, 0.3) is 0 Å². The minimum atomic E-state index is 0.787. The molecule has 7 heteroatoms. The van der Waals surface area contributed by atoms with E-state index in [1.54, 1.807) is 4.68 Å². The topological polar surface area (TPSA) is 68.5 Å². The van der Waals surface area contributed by atoms with Gasteiger partial charge in [-0.2, -0.15) is 5.10 Å². The van der Waals surface area contributed by atoms with Gasteiger partial charge in [-0.3, -0.25) is 0 Å². The van der Waals surface area contributed by atoms with Crippen molar-refractivity contribution in [1.29, 1.82) is 0 Å². The molecule has 2 rings (SSSR count). The summed E-state index contributed by atoms with van der Waals surface area (Å²) in [6.07, 6.45) is 3.03. The Bertz CT molecular complexity index is 454. The van der Waals surface area contributed by atoms with Crippen molar-refractivity contribution in [3.63, 3.8) is 0 Å². The van der Waals surface area contributed by atoms with Crippen molar-refractivity contribution in [1.82, 2.24) is 24.7 Å². The van der Waals surface area contributed by atoms with Crippen molar-refractivity contribution >= 4 is 17.6 Å². The summed E-state index contributed by atoms with van der Waals surface area (Å²) < 4.78 is 1.70. The summed E-state index contributed by atoms with van der Waals surface area (Å²) in [4.78, 5) is 12.3. The predicted molar refractivity (Wildman–Crippen MR) is 56.7 cm³/mol. The molecule has 0 unspecified atom stereocenters. The van der Waals surface area contributed by atoms with Gasteiger partial charge in [0.15, 0.2) is 5.16 Å². The molecule has 1 N–H and O–H groups in total. The first kappa shape index (κ1) is 9.91. The SMILES string of the molecule is CNc1cc(Sc2ncnn2C)ncn1. The third-order valence-electron chi connectivity index (χ3n) is 1.76. The lowest BCUT2D eigenvalue weighted by atomic mass is 10.6. The third-order valence-corrected chi connectivity index (χ3v) is 2.75. The normalized spacial score (nSPS) is 10.3. The Morgan fingerprint density at radius 3 is 2.80 bits per heavy atom. The minimum Gasteiger partial charge on any atom is -0.373 e. The molecule has 0 amide bonds. The molecular weight excluding hydrogens is 212 g/mol. The summed E-state index contributed by atoms with van der Waals surface area (Å²) in [5, 5.41) is 8.58. The molecule has 0 spiro atoms. The Morgan fingerprint density at radius 2 is 2.13 bits per heavy atom. The van der Waals surface area contributed by atoms with Crippen LogP contribution in [-0.2, 0) is 7.05 Å². The van der Waals surface area contributed by atoms with Gasteiger partial charge in [0.2, 0.25) is 0 Å². The summed E-state index contributed by atoms with van der Waals surface area (Å²) >= 11 is 1.45. The summed E-state index contributed by atoms with van der Waals surface area (Å²) in [5.74, 6) is 0.787. The lowest BCUT2D eigenvalue weighted by Crippen LogP contribution is -1.95. The van der Waals surface area contributed by atoms with Crippen LogP contribution in [0.15, 0.2) is 28.9 Å². The Balaban J connectivity index is 2.21. The highest BCUT2D eigenvalue weighted by atomic mass is 32.2. The first-order chi connectivity index (χ1) is 7.29. The Morgan fingerprint density at radius 1 is 1.27 bits per heavy atom. The number of aromatic nitrogens is 5. The average Bonchev–Trinajstić information content (AvgIpc) is 2.65. The van der Waals surface area contributed by atoms with Gasteiger partial charge in [0.05, 0.1) is 0 Å². The van der Waals surface area contributed by atoms with Crippen molar-refractivity contribution in [3.05, 3.63) is 18.7 Å². The summed E-state index contributed by atoms with van der Waals surface area (Å²) in [7, 11) is 3.66. The molecule has 0 saturated heterocycles. The molecule has 0 radical (unpaired) electrons. The molecule has 0 aliphatic heterocycles. The van der Waals surface area contributed by atoms with Crippen molar-refractivity contribution in [2.45, 2.75) is 10.2 Å². The average molecular weight is 222 g/mol. The van der Waals surface area contributed by atoms with E-state index in [1.165, 1.54) is 24.4 Å². The zero-order valence-corrected chi connectivity index (χ0v) is 9.19. The molecule has 0 aliphatic carbocycles. The van der Waals surface area contributed by atoms with E-state index in [9.17, 15) is 0 Å². The number of rotatable bonds is 3. The highest BCUT2D eigenvalue weighted by Gasteiger charge is 2.05. The van der Waals surface area contributed by atoms with Crippen molar-refractivity contribution in [2.24, 2.45) is 7.05 Å². The van der Waals surface area contributed by atoms with E-state index in [-0.39, 0.29) is 0 Å². The third kappa shape index (κ3) is 2.24. The zero-order chi connectivity index (χ0) is 10.7. The van der Waals surface area contributed by atoms with E-state index in [4.69, 9.17) is 0 Å². The van der Waals surface area contributed by atoms with E-state index in [0.29, 0.717) is 0 Å². The van der Waals surface area contributed by atoms with Gasteiger partial charge < -0.3 is 5.32 Å². The van der Waals surface area contributed by atoms with E-state index in [1.807, 2.05) is 20.2 Å². The molecule has 15 heavy (non-hydrogen) atoms. The molecule has 0 saturated carbocycles. The molecule has 78 valence electrons. The quantitative estimate of drug-likeness (QED) is 0.775. The maximum Gasteiger partial charge on any atom is 0.192 e. The Kier molecular flexibility index (Phi) is 2.82. The van der Waals surface area contributed by atoms with Crippen LogP contribution in [0.25, 0.3) is 0 Å². The second-order valence-electron chi connectivity index (χ2n) is 2.76. The summed E-state index contributed by atoms with van der Waals surface area (Å²) in [5.41, 5.74) is 0. The number of anilines is 1. The molecule has 6 nitrogen and oxygen atoms in total. The van der Waals surface area contributed by atoms with Crippen molar-refractivity contribution < 1.29 is 0 Å². The number of aryl methyl sites for hydroxylation is 1. The van der Waals surface area contributed by atoms with Crippen LogP contribution in [-0.4, -0.2) is 31.8 Å². The van der Waals surface area contributed by atoms with E-state index < -0.39 is 0 Å². The fourth-order valence-electron chi connectivity index (χ4n) is 1.00. The van der Waals surface area contributed by atoms with Crippen LogP contribution in [0.2, 0.25) is 0 Å². The second kappa shape index (κ2) is 4.26. The molecule has 2 aromatic rings. The maximum absolute atomic E-state index is 4.13. The van der Waals surface area contributed by atoms with Gasteiger partial charge in [0, 0.05) is 20.2 Å². The van der Waals surface area contributed by atoms with E-state index in [2.05, 4.69) is 25.4 Å². The molecule has 2 aromatic heterocycles. The Hall–Kier alpha value is -1.63. The first-order valence-electron chi connectivity index (χ1n) is 4.31. The Labute approximate surface area is 91.2 Å². The smallest absolute Gasteiger partial charge is 0.192 e. The van der Waals surface area contributed by atoms with Crippen LogP contribution in [0.3, 0.4) is 0 Å². The van der Waals surface area contributed by atoms with Gasteiger partial charge in [-0.15, -0.1) is 0 Å². The van der Waals surface area contributed by atoms with Gasteiger partial charge in [0.1, 0.15) is 23.5 Å². The minimum absolute atomic E-state index is 0.787. The zero-order valence-electron chi connectivity index (χ0n) is 8.38. The monoisotopic (exact) mass is 222 g/mol. The molecule has 0 bridgehead atoms. The van der Waals surface area contributed by atoms with Gasteiger partial charge in [-0.1, -0.05) is 0 Å². The van der Waals surface area contributed by atoms with Crippen LogP contribution >= 0.6 is 11.8 Å². The van der Waals surface area contributed by atoms with Crippen LogP contribution in [0.5, 0.6) is 0 Å². The first-order valence-corrected chi connectivity index (χ1v) is 5.13. The van der Waals surface area contributed by atoms with Crippen LogP contribution in [0.4, 0.5) is 5.82 Å². The van der Waals surface area contributed by atoms with Gasteiger partial charge in [-0.05, 0) is 11.8 Å². The summed E-state index contributed by atoms with van der Waals surface area (Å²) in [6.45, 7) is 0. The van der Waals surface area contributed by atoms with Gasteiger partial charge in [-0.25, -0.2) is 19.6 Å². The molecule has 0 aliphatic rings. The lowest BCUT2D eigenvalue weighted by molar-refractivity contribution is 0.684. The fraction of sp³-hybridized carbons (Fsp3) is 0.250. The highest BCUT2D eigenvalue weighted by Crippen LogP contribution is 2.23. The van der Waals surface area contributed by atoms with Crippen LogP contribution in [0, 0.1) is 0 Å². The molecule has 0 atom stereocenters. The molecule has 0 fully saturated rings. The maximum atomic E-state index is 4.13. The van der Waals surface area contributed by atoms with Crippen LogP contribution < -0.4 is 5.32 Å². The molecular formula is C8H10N6S. The lowest BCUT2D eigenvalue weighted by Gasteiger charge is -2.01. The van der Waals surface area contributed by atoms with E-state index in [0.717, 1.165) is 16.0 Å². The van der Waals surface area contributed by atoms with Crippen molar-refractivity contribution in [2.75, 3.05) is 12.4 Å². The predicted octanol–water partition coefficient (Wildman–Crippen LogP) is 0.798. The number of hydrogen-bond acceptors (Lipinski definition) is 6. The fourth-order valence-corrected chi connectivity index (χ4v) is 1.74. The second-order valence-corrected chi connectivity index (χ2v) is 3.75. The van der Waals surface area contributed by atoms with E-state index >= 15 is 0 Å². The number of nitrogens with one attached hydrogen (secondary N) is 1. The van der Waals surface area contributed by atoms with Crippen LogP contribution in [0.1, 0.15) is 0 Å². The largest absolute Gasteiger partial charge is 0.373 e. The standard InChI is InChI=1S/C8H10N6S/c1-9-6-3-7(11-4-10-6)15-8-12-5-13-14(8)2/h3-5H,1-2H3,(H,9,10,11). The number of nitrogens with zero attached hydrogens (tertiary/aromatic N) is 5. The van der Waals surface area contributed by atoms with Crippen molar-refractivity contribution in [3.8, 4) is 0 Å². The summed E-state index contributed by atoms with van der Waals surface area (Å²) in [6, 6.07) is 1.86. The molecule has 2 heterocycles. The molecule has 0 aromatic carbocycles. The highest BCUT2D eigenvalue weighted by molar-refractivity contribution is 7.99. The van der Waals surface area contributed by atoms with Gasteiger partial charge >= 0.3 is 0 Å².